The maximum atomic E-state index is 11.5. The van der Waals surface area contributed by atoms with Gasteiger partial charge in [0, 0.05) is 16.7 Å². The maximum Gasteiger partial charge on any atom is 0.328 e. The van der Waals surface area contributed by atoms with Crippen LogP contribution in [0.25, 0.3) is 0 Å². The smallest absolute Gasteiger partial charge is 0.328 e. The average Bonchev–Trinajstić information content (AvgIpc) is 2.23. The molecule has 1 aromatic heterocycles. The van der Waals surface area contributed by atoms with Gasteiger partial charge in [-0.25, -0.2) is 4.79 Å². The molecule has 1 unspecified atom stereocenters. The number of carbonyl (C=O) groups is 1. The number of nitrogens with zero attached hydrogens (tertiary/aromatic N) is 1. The highest BCUT2D eigenvalue weighted by Crippen LogP contribution is 2.13. The number of hydrogen-bond donors (Lipinski definition) is 0. The molecule has 0 saturated heterocycles. The van der Waals surface area contributed by atoms with Crippen LogP contribution in [-0.2, 0) is 9.53 Å². The molecule has 0 spiro atoms. The first kappa shape index (κ1) is 12.0. The summed E-state index contributed by atoms with van der Waals surface area (Å²) >= 11 is 3.25. The fraction of sp³-hybridized carbons (Fsp3) is 0.400. The van der Waals surface area contributed by atoms with E-state index in [4.69, 9.17) is 0 Å². The summed E-state index contributed by atoms with van der Waals surface area (Å²) in [5, 5.41) is 0. The van der Waals surface area contributed by atoms with E-state index in [0.717, 1.165) is 4.47 Å². The fourth-order valence-electron chi connectivity index (χ4n) is 1.33. The second-order valence-corrected chi connectivity index (χ2v) is 3.96. The number of rotatable bonds is 3. The van der Waals surface area contributed by atoms with Crippen LogP contribution in [0.1, 0.15) is 19.4 Å². The highest BCUT2D eigenvalue weighted by Gasteiger charge is 2.19. The first-order valence-corrected chi connectivity index (χ1v) is 5.35. The van der Waals surface area contributed by atoms with Gasteiger partial charge < -0.3 is 9.30 Å². The number of carbonyl (C=O) groups excluding carboxylic acids is 1. The molecule has 0 N–H and O–H groups in total. The number of hydrogen-bond acceptors (Lipinski definition) is 3. The SMILES string of the molecule is CCC(C(=O)OC)n1cc(Br)ccc1=O. The Hall–Kier alpha value is -1.10. The van der Waals surface area contributed by atoms with Crippen LogP contribution in [0.3, 0.4) is 0 Å². The molecule has 0 fully saturated rings. The molecule has 1 aromatic rings. The van der Waals surface area contributed by atoms with Crippen LogP contribution in [0.4, 0.5) is 0 Å². The quantitative estimate of drug-likeness (QED) is 0.789. The Morgan fingerprint density at radius 2 is 2.27 bits per heavy atom. The van der Waals surface area contributed by atoms with Gasteiger partial charge in [0.05, 0.1) is 7.11 Å². The molecule has 4 nitrogen and oxygen atoms in total. The first-order chi connectivity index (χ1) is 7.10. The van der Waals surface area contributed by atoms with Gasteiger partial charge in [0.1, 0.15) is 6.04 Å². The van der Waals surface area contributed by atoms with Gasteiger partial charge in [0.25, 0.3) is 5.56 Å². The largest absolute Gasteiger partial charge is 0.467 e. The molecule has 1 heterocycles. The molecule has 0 aliphatic carbocycles. The summed E-state index contributed by atoms with van der Waals surface area (Å²) in [6.07, 6.45) is 2.11. The molecule has 0 aliphatic rings. The van der Waals surface area contributed by atoms with Crippen molar-refractivity contribution in [2.24, 2.45) is 0 Å². The zero-order valence-electron chi connectivity index (χ0n) is 8.57. The lowest BCUT2D eigenvalue weighted by Gasteiger charge is -2.15. The lowest BCUT2D eigenvalue weighted by atomic mass is 10.2. The Bertz CT molecular complexity index is 413. The lowest BCUT2D eigenvalue weighted by Crippen LogP contribution is -2.29. The van der Waals surface area contributed by atoms with Crippen molar-refractivity contribution in [3.63, 3.8) is 0 Å². The van der Waals surface area contributed by atoms with E-state index in [1.165, 1.54) is 17.7 Å². The van der Waals surface area contributed by atoms with Crippen molar-refractivity contribution < 1.29 is 9.53 Å². The minimum Gasteiger partial charge on any atom is -0.467 e. The van der Waals surface area contributed by atoms with E-state index in [9.17, 15) is 9.59 Å². The summed E-state index contributed by atoms with van der Waals surface area (Å²) in [6, 6.07) is 2.50. The van der Waals surface area contributed by atoms with Crippen molar-refractivity contribution in [3.05, 3.63) is 33.2 Å². The second-order valence-electron chi connectivity index (χ2n) is 3.04. The Balaban J connectivity index is 3.17. The van der Waals surface area contributed by atoms with Crippen LogP contribution in [0.2, 0.25) is 0 Å². The number of pyridine rings is 1. The molecule has 15 heavy (non-hydrogen) atoms. The summed E-state index contributed by atoms with van der Waals surface area (Å²) in [4.78, 5) is 22.9. The molecular weight excluding hydrogens is 262 g/mol. The predicted octanol–water partition coefficient (Wildman–Crippen LogP) is 1.73. The third-order valence-electron chi connectivity index (χ3n) is 2.10. The third kappa shape index (κ3) is 2.68. The zero-order chi connectivity index (χ0) is 11.4. The van der Waals surface area contributed by atoms with Gasteiger partial charge in [-0.15, -0.1) is 0 Å². The van der Waals surface area contributed by atoms with E-state index in [0.29, 0.717) is 6.42 Å². The van der Waals surface area contributed by atoms with Crippen molar-refractivity contribution >= 4 is 21.9 Å². The number of halogens is 1. The molecular formula is C10H12BrNO3. The molecule has 0 amide bonds. The molecule has 0 bridgehead atoms. The van der Waals surface area contributed by atoms with Gasteiger partial charge in [-0.2, -0.15) is 0 Å². The van der Waals surface area contributed by atoms with E-state index in [2.05, 4.69) is 20.7 Å². The van der Waals surface area contributed by atoms with Crippen molar-refractivity contribution in [1.29, 1.82) is 0 Å². The van der Waals surface area contributed by atoms with Crippen LogP contribution in [-0.4, -0.2) is 17.6 Å². The Kier molecular flexibility index (Phi) is 4.08. The van der Waals surface area contributed by atoms with E-state index in [1.807, 2.05) is 6.92 Å². The molecule has 82 valence electrons. The first-order valence-electron chi connectivity index (χ1n) is 4.55. The fourth-order valence-corrected chi connectivity index (χ4v) is 1.69. The van der Waals surface area contributed by atoms with Gasteiger partial charge in [-0.05, 0) is 28.4 Å². The summed E-state index contributed by atoms with van der Waals surface area (Å²) in [6.45, 7) is 1.83. The zero-order valence-corrected chi connectivity index (χ0v) is 10.2. The van der Waals surface area contributed by atoms with E-state index < -0.39 is 12.0 Å². The topological polar surface area (TPSA) is 48.3 Å². The normalized spacial score (nSPS) is 12.2. The number of ether oxygens (including phenoxy) is 1. The highest BCUT2D eigenvalue weighted by molar-refractivity contribution is 9.10. The van der Waals surface area contributed by atoms with Crippen molar-refractivity contribution in [3.8, 4) is 0 Å². The van der Waals surface area contributed by atoms with Crippen LogP contribution in [0, 0.1) is 0 Å². The minimum atomic E-state index is -0.556. The highest BCUT2D eigenvalue weighted by atomic mass is 79.9. The average molecular weight is 274 g/mol. The van der Waals surface area contributed by atoms with Gasteiger partial charge in [-0.3, -0.25) is 4.79 Å². The maximum absolute atomic E-state index is 11.5. The monoisotopic (exact) mass is 273 g/mol. The number of aromatic nitrogens is 1. The summed E-state index contributed by atoms with van der Waals surface area (Å²) < 4.78 is 6.76. The summed E-state index contributed by atoms with van der Waals surface area (Å²) in [7, 11) is 1.31. The minimum absolute atomic E-state index is 0.213. The standard InChI is InChI=1S/C10H12BrNO3/c1-3-8(10(14)15-2)12-6-7(11)4-5-9(12)13/h4-6,8H,3H2,1-2H3. The molecule has 5 heteroatoms. The Morgan fingerprint density at radius 3 is 2.80 bits per heavy atom. The summed E-state index contributed by atoms with van der Waals surface area (Å²) in [5.41, 5.74) is -0.213. The molecule has 1 atom stereocenters. The van der Waals surface area contributed by atoms with Crippen LogP contribution < -0.4 is 5.56 Å². The van der Waals surface area contributed by atoms with Crippen LogP contribution in [0.5, 0.6) is 0 Å². The molecule has 0 saturated carbocycles. The van der Waals surface area contributed by atoms with Gasteiger partial charge in [-0.1, -0.05) is 6.92 Å². The van der Waals surface area contributed by atoms with Crippen molar-refractivity contribution in [1.82, 2.24) is 4.57 Å². The van der Waals surface area contributed by atoms with Gasteiger partial charge in [0.15, 0.2) is 0 Å². The molecule has 1 rings (SSSR count). The predicted molar refractivity (Wildman–Crippen MR) is 59.7 cm³/mol. The molecule has 0 aromatic carbocycles. The lowest BCUT2D eigenvalue weighted by molar-refractivity contribution is -0.144. The third-order valence-corrected chi connectivity index (χ3v) is 2.57. The second kappa shape index (κ2) is 5.11. The van der Waals surface area contributed by atoms with Crippen molar-refractivity contribution in [2.75, 3.05) is 7.11 Å². The molecule has 0 radical (unpaired) electrons. The Labute approximate surface area is 96.0 Å². The van der Waals surface area contributed by atoms with Gasteiger partial charge >= 0.3 is 5.97 Å². The van der Waals surface area contributed by atoms with Crippen LogP contribution in [0.15, 0.2) is 27.6 Å². The van der Waals surface area contributed by atoms with Crippen molar-refractivity contribution in [2.45, 2.75) is 19.4 Å². The molecule has 0 aliphatic heterocycles. The Morgan fingerprint density at radius 1 is 1.60 bits per heavy atom. The van der Waals surface area contributed by atoms with E-state index >= 15 is 0 Å². The van der Waals surface area contributed by atoms with E-state index in [1.54, 1.807) is 12.3 Å². The van der Waals surface area contributed by atoms with E-state index in [-0.39, 0.29) is 5.56 Å². The number of esters is 1. The van der Waals surface area contributed by atoms with Crippen LogP contribution >= 0.6 is 15.9 Å². The number of methoxy groups -OCH3 is 1. The summed E-state index contributed by atoms with van der Waals surface area (Å²) in [5.74, 6) is -0.405. The van der Waals surface area contributed by atoms with Gasteiger partial charge in [0.2, 0.25) is 0 Å².